The third kappa shape index (κ3) is 1.68. The molecule has 1 aliphatic carbocycles. The molecular weight excluding hydrogens is 236 g/mol. The van der Waals surface area contributed by atoms with Gasteiger partial charge in [0.05, 0.1) is 12.7 Å². The molecule has 2 aromatic rings. The summed E-state index contributed by atoms with van der Waals surface area (Å²) in [6.45, 7) is 1.88. The summed E-state index contributed by atoms with van der Waals surface area (Å²) in [6.07, 6.45) is 0. The molecule has 0 amide bonds. The minimum atomic E-state index is 0.0614. The number of carbonyl (C=O) groups is 1. The summed E-state index contributed by atoms with van der Waals surface area (Å²) in [4.78, 5) is 12.4. The maximum absolute atomic E-state index is 12.4. The van der Waals surface area contributed by atoms with E-state index < -0.39 is 0 Å². The summed E-state index contributed by atoms with van der Waals surface area (Å²) < 4.78 is 5.31. The Morgan fingerprint density at radius 1 is 0.947 bits per heavy atom. The molecule has 0 N–H and O–H groups in total. The summed E-state index contributed by atoms with van der Waals surface area (Å²) in [5.74, 6) is 0.707. The van der Waals surface area contributed by atoms with Gasteiger partial charge < -0.3 is 4.74 Å². The van der Waals surface area contributed by atoms with Gasteiger partial charge in [0, 0.05) is 5.57 Å². The Kier molecular flexibility index (Phi) is 2.71. The Morgan fingerprint density at radius 2 is 1.68 bits per heavy atom. The molecule has 2 aromatic carbocycles. The van der Waals surface area contributed by atoms with Gasteiger partial charge in [0.2, 0.25) is 0 Å². The van der Waals surface area contributed by atoms with Gasteiger partial charge in [-0.15, -0.1) is 0 Å². The van der Waals surface area contributed by atoms with Crippen molar-refractivity contribution in [3.8, 4) is 5.75 Å². The Hall–Kier alpha value is -2.35. The van der Waals surface area contributed by atoms with Gasteiger partial charge in [0.1, 0.15) is 5.75 Å². The number of allylic oxidation sites excluding steroid dienone is 1. The number of benzene rings is 2. The lowest BCUT2D eigenvalue weighted by molar-refractivity contribution is 0.103. The molecule has 0 bridgehead atoms. The molecule has 0 atom stereocenters. The summed E-state index contributed by atoms with van der Waals surface area (Å²) in [5, 5.41) is 0. The van der Waals surface area contributed by atoms with Crippen molar-refractivity contribution in [2.75, 3.05) is 7.11 Å². The minimum absolute atomic E-state index is 0.0614. The van der Waals surface area contributed by atoms with E-state index >= 15 is 0 Å². The van der Waals surface area contributed by atoms with Crippen molar-refractivity contribution < 1.29 is 9.53 Å². The largest absolute Gasteiger partial charge is 0.496 e. The van der Waals surface area contributed by atoms with E-state index in [0.29, 0.717) is 11.3 Å². The SMILES string of the molecule is COc1cccc2c1C(=O)C(C)=C2c1ccccc1. The molecule has 19 heavy (non-hydrogen) atoms. The Labute approximate surface area is 112 Å². The predicted octanol–water partition coefficient (Wildman–Crippen LogP) is 3.71. The van der Waals surface area contributed by atoms with Crippen molar-refractivity contribution in [2.45, 2.75) is 6.92 Å². The zero-order chi connectivity index (χ0) is 13.4. The average Bonchev–Trinajstić information content (AvgIpc) is 2.72. The van der Waals surface area contributed by atoms with E-state index in [-0.39, 0.29) is 5.78 Å². The maximum atomic E-state index is 12.4. The van der Waals surface area contributed by atoms with Gasteiger partial charge in [0.15, 0.2) is 5.78 Å². The van der Waals surface area contributed by atoms with Crippen molar-refractivity contribution in [1.29, 1.82) is 0 Å². The monoisotopic (exact) mass is 250 g/mol. The molecule has 1 aliphatic rings. The Bertz CT molecular complexity index is 682. The topological polar surface area (TPSA) is 26.3 Å². The number of Topliss-reactive ketones (excluding diaryl/α,β-unsaturated/α-hetero) is 1. The molecule has 2 nitrogen and oxygen atoms in total. The molecule has 3 rings (SSSR count). The lowest BCUT2D eigenvalue weighted by Gasteiger charge is -2.08. The Balaban J connectivity index is 2.27. The molecule has 2 heteroatoms. The summed E-state index contributed by atoms with van der Waals surface area (Å²) in [7, 11) is 1.60. The molecule has 0 fully saturated rings. The van der Waals surface area contributed by atoms with Gasteiger partial charge >= 0.3 is 0 Å². The number of methoxy groups -OCH3 is 1. The van der Waals surface area contributed by atoms with Gasteiger partial charge in [0.25, 0.3) is 0 Å². The number of rotatable bonds is 2. The number of ketones is 1. The lowest BCUT2D eigenvalue weighted by Crippen LogP contribution is -1.99. The van der Waals surface area contributed by atoms with Crippen LogP contribution in [0.25, 0.3) is 5.57 Å². The van der Waals surface area contributed by atoms with Gasteiger partial charge in [-0.05, 0) is 29.7 Å². The first-order valence-corrected chi connectivity index (χ1v) is 6.22. The van der Waals surface area contributed by atoms with Crippen LogP contribution in [0.15, 0.2) is 54.1 Å². The van der Waals surface area contributed by atoms with Gasteiger partial charge in [-0.2, -0.15) is 0 Å². The number of ether oxygens (including phenoxy) is 1. The molecule has 0 saturated carbocycles. The first kappa shape index (κ1) is 11.7. The fourth-order valence-electron chi connectivity index (χ4n) is 2.62. The zero-order valence-corrected chi connectivity index (χ0v) is 10.9. The molecule has 0 heterocycles. The van der Waals surface area contributed by atoms with Gasteiger partial charge in [-0.3, -0.25) is 4.79 Å². The fourth-order valence-corrected chi connectivity index (χ4v) is 2.62. The third-order valence-corrected chi connectivity index (χ3v) is 3.52. The molecule has 0 radical (unpaired) electrons. The van der Waals surface area contributed by atoms with Crippen LogP contribution in [0.5, 0.6) is 5.75 Å². The van der Waals surface area contributed by atoms with Crippen LogP contribution in [0.3, 0.4) is 0 Å². The zero-order valence-electron chi connectivity index (χ0n) is 10.9. The predicted molar refractivity (Wildman–Crippen MR) is 75.5 cm³/mol. The quantitative estimate of drug-likeness (QED) is 0.812. The summed E-state index contributed by atoms with van der Waals surface area (Å²) >= 11 is 0. The first-order chi connectivity index (χ1) is 9.24. The smallest absolute Gasteiger partial charge is 0.193 e. The van der Waals surface area contributed by atoms with Crippen LogP contribution in [0, 0.1) is 0 Å². The van der Waals surface area contributed by atoms with E-state index in [1.165, 1.54) is 0 Å². The minimum Gasteiger partial charge on any atom is -0.496 e. The second-order valence-corrected chi connectivity index (χ2v) is 4.58. The van der Waals surface area contributed by atoms with Crippen molar-refractivity contribution >= 4 is 11.4 Å². The summed E-state index contributed by atoms with van der Waals surface area (Å²) in [5.41, 5.74) is 4.51. The van der Waals surface area contributed by atoms with Crippen molar-refractivity contribution in [1.82, 2.24) is 0 Å². The van der Waals surface area contributed by atoms with Crippen LogP contribution in [0.2, 0.25) is 0 Å². The fraction of sp³-hybridized carbons (Fsp3) is 0.118. The third-order valence-electron chi connectivity index (χ3n) is 3.52. The van der Waals surface area contributed by atoms with E-state index in [4.69, 9.17) is 4.74 Å². The molecule has 0 aliphatic heterocycles. The molecule has 0 spiro atoms. The van der Waals surface area contributed by atoms with Crippen LogP contribution < -0.4 is 4.74 Å². The maximum Gasteiger partial charge on any atom is 0.193 e. The van der Waals surface area contributed by atoms with Crippen LogP contribution in [0.4, 0.5) is 0 Å². The van der Waals surface area contributed by atoms with E-state index in [1.54, 1.807) is 7.11 Å². The van der Waals surface area contributed by atoms with Crippen molar-refractivity contribution in [2.24, 2.45) is 0 Å². The van der Waals surface area contributed by atoms with E-state index in [9.17, 15) is 4.79 Å². The average molecular weight is 250 g/mol. The van der Waals surface area contributed by atoms with Gasteiger partial charge in [-0.25, -0.2) is 0 Å². The highest BCUT2D eigenvalue weighted by atomic mass is 16.5. The highest BCUT2D eigenvalue weighted by Gasteiger charge is 2.30. The van der Waals surface area contributed by atoms with Crippen molar-refractivity contribution in [3.63, 3.8) is 0 Å². The summed E-state index contributed by atoms with van der Waals surface area (Å²) in [6, 6.07) is 15.7. The number of carbonyl (C=O) groups excluding carboxylic acids is 1. The van der Waals surface area contributed by atoms with E-state index in [1.807, 2.05) is 55.5 Å². The number of hydrogen-bond donors (Lipinski definition) is 0. The van der Waals surface area contributed by atoms with Crippen molar-refractivity contribution in [3.05, 3.63) is 70.8 Å². The van der Waals surface area contributed by atoms with Crippen LogP contribution >= 0.6 is 0 Å². The second kappa shape index (κ2) is 4.39. The highest BCUT2D eigenvalue weighted by molar-refractivity contribution is 6.23. The molecule has 0 saturated heterocycles. The van der Waals surface area contributed by atoms with E-state index in [2.05, 4.69) is 0 Å². The molecular formula is C17H14O2. The molecule has 0 unspecified atom stereocenters. The highest BCUT2D eigenvalue weighted by Crippen LogP contribution is 2.40. The van der Waals surface area contributed by atoms with Crippen LogP contribution in [0.1, 0.15) is 28.4 Å². The van der Waals surface area contributed by atoms with Gasteiger partial charge in [-0.1, -0.05) is 42.5 Å². The Morgan fingerprint density at radius 3 is 2.37 bits per heavy atom. The number of fused-ring (bicyclic) bond motifs is 1. The lowest BCUT2D eigenvalue weighted by atomic mass is 9.98. The number of hydrogen-bond acceptors (Lipinski definition) is 2. The van der Waals surface area contributed by atoms with E-state index in [0.717, 1.165) is 22.3 Å². The molecule has 94 valence electrons. The second-order valence-electron chi connectivity index (χ2n) is 4.58. The normalized spacial score (nSPS) is 13.7. The van der Waals surface area contributed by atoms with Crippen LogP contribution in [-0.4, -0.2) is 12.9 Å². The standard InChI is InChI=1S/C17H14O2/c1-11-15(12-7-4-3-5-8-12)13-9-6-10-14(19-2)16(13)17(11)18/h3-10H,1-2H3. The first-order valence-electron chi connectivity index (χ1n) is 6.22. The van der Waals surface area contributed by atoms with Crippen LogP contribution in [-0.2, 0) is 0 Å². The molecule has 0 aromatic heterocycles.